The predicted molar refractivity (Wildman–Crippen MR) is 72.6 cm³/mol. The number of carbonyl (C=O) groups is 1. The van der Waals surface area contributed by atoms with E-state index < -0.39 is 5.91 Å². The van der Waals surface area contributed by atoms with Crippen LogP contribution in [0.5, 0.6) is 0 Å². The van der Waals surface area contributed by atoms with E-state index in [9.17, 15) is 4.79 Å². The fourth-order valence-corrected chi connectivity index (χ4v) is 2.36. The third-order valence-corrected chi connectivity index (χ3v) is 3.37. The van der Waals surface area contributed by atoms with Crippen LogP contribution < -0.4 is 5.73 Å². The summed E-state index contributed by atoms with van der Waals surface area (Å²) in [6.45, 7) is 2.47. The molecule has 3 heterocycles. The second kappa shape index (κ2) is 5.34. The summed E-state index contributed by atoms with van der Waals surface area (Å²) in [4.78, 5) is 25.8. The van der Waals surface area contributed by atoms with E-state index >= 15 is 0 Å². The minimum Gasteiger partial charge on any atom is -0.363 e. The van der Waals surface area contributed by atoms with E-state index in [-0.39, 0.29) is 5.82 Å². The van der Waals surface area contributed by atoms with Crippen LogP contribution in [0.25, 0.3) is 0 Å². The molecule has 2 aromatic heterocycles. The second-order valence-electron chi connectivity index (χ2n) is 4.85. The van der Waals surface area contributed by atoms with Gasteiger partial charge in [-0.25, -0.2) is 9.97 Å². The second-order valence-corrected chi connectivity index (χ2v) is 4.85. The first-order valence-corrected chi connectivity index (χ1v) is 6.48. The molecule has 2 N–H and O–H groups in total. The summed E-state index contributed by atoms with van der Waals surface area (Å²) < 4.78 is 0. The molecule has 2 aromatic rings. The number of carbonyl (C=O) groups excluding carboxylic acids is 1. The van der Waals surface area contributed by atoms with Crippen molar-refractivity contribution in [3.05, 3.63) is 53.4 Å². The Balaban J connectivity index is 1.77. The lowest BCUT2D eigenvalue weighted by Crippen LogP contribution is -2.32. The Kier molecular flexibility index (Phi) is 3.39. The van der Waals surface area contributed by atoms with Crippen molar-refractivity contribution >= 4 is 5.91 Å². The maximum Gasteiger partial charge on any atom is 0.286 e. The van der Waals surface area contributed by atoms with Gasteiger partial charge < -0.3 is 5.73 Å². The average Bonchev–Trinajstić information content (AvgIpc) is 2.47. The number of hydrogen-bond acceptors (Lipinski definition) is 5. The highest BCUT2D eigenvalue weighted by Gasteiger charge is 2.19. The normalized spacial score (nSPS) is 14.8. The van der Waals surface area contributed by atoms with Crippen molar-refractivity contribution in [1.82, 2.24) is 19.9 Å². The summed E-state index contributed by atoms with van der Waals surface area (Å²) in [6, 6.07) is 3.98. The average molecular weight is 269 g/mol. The molecule has 1 aliphatic rings. The summed E-state index contributed by atoms with van der Waals surface area (Å²) in [5, 5.41) is 0. The smallest absolute Gasteiger partial charge is 0.286 e. The zero-order chi connectivity index (χ0) is 13.9. The van der Waals surface area contributed by atoms with E-state index in [2.05, 4.69) is 25.9 Å². The lowest BCUT2D eigenvalue weighted by atomic mass is 10.1. The number of pyridine rings is 1. The standard InChI is InChI=1S/C14H15N5O/c15-13(20)14-17-7-11-3-5-19(9-12(11)18-14)8-10-2-1-4-16-6-10/h1-2,4,6-7H,3,5,8-9H2,(H2,15,20). The first kappa shape index (κ1) is 12.7. The molecular formula is C14H15N5O. The van der Waals surface area contributed by atoms with Gasteiger partial charge in [0.15, 0.2) is 0 Å². The maximum atomic E-state index is 11.1. The fourth-order valence-electron chi connectivity index (χ4n) is 2.36. The summed E-state index contributed by atoms with van der Waals surface area (Å²) in [6.07, 6.45) is 6.23. The minimum absolute atomic E-state index is 0.0898. The molecule has 0 saturated carbocycles. The monoisotopic (exact) mass is 269 g/mol. The van der Waals surface area contributed by atoms with Crippen molar-refractivity contribution in [3.63, 3.8) is 0 Å². The molecule has 0 saturated heterocycles. The molecule has 3 rings (SSSR count). The number of primary amides is 1. The molecule has 6 heteroatoms. The van der Waals surface area contributed by atoms with E-state index in [4.69, 9.17) is 5.73 Å². The van der Waals surface area contributed by atoms with E-state index in [1.165, 1.54) is 5.56 Å². The zero-order valence-electron chi connectivity index (χ0n) is 11.0. The Labute approximate surface area is 116 Å². The van der Waals surface area contributed by atoms with Crippen molar-refractivity contribution < 1.29 is 4.79 Å². The van der Waals surface area contributed by atoms with Gasteiger partial charge in [-0.2, -0.15) is 0 Å². The summed E-state index contributed by atoms with van der Waals surface area (Å²) >= 11 is 0. The van der Waals surface area contributed by atoms with Gasteiger partial charge in [0, 0.05) is 38.2 Å². The number of amides is 1. The van der Waals surface area contributed by atoms with Gasteiger partial charge in [-0.3, -0.25) is 14.7 Å². The number of aromatic nitrogens is 3. The van der Waals surface area contributed by atoms with Gasteiger partial charge in [0.25, 0.3) is 5.91 Å². The van der Waals surface area contributed by atoms with Gasteiger partial charge in [-0.1, -0.05) is 6.07 Å². The Morgan fingerprint density at radius 3 is 3.05 bits per heavy atom. The van der Waals surface area contributed by atoms with Gasteiger partial charge in [0.2, 0.25) is 5.82 Å². The van der Waals surface area contributed by atoms with E-state index in [0.717, 1.165) is 30.8 Å². The molecule has 1 aliphatic heterocycles. The summed E-state index contributed by atoms with van der Waals surface area (Å²) in [7, 11) is 0. The van der Waals surface area contributed by atoms with Crippen LogP contribution in [0.15, 0.2) is 30.7 Å². The van der Waals surface area contributed by atoms with Crippen molar-refractivity contribution in [1.29, 1.82) is 0 Å². The molecule has 6 nitrogen and oxygen atoms in total. The molecule has 0 unspecified atom stereocenters. The molecule has 0 bridgehead atoms. The van der Waals surface area contributed by atoms with Gasteiger partial charge in [0.05, 0.1) is 5.69 Å². The van der Waals surface area contributed by atoms with Gasteiger partial charge in [-0.05, 0) is 23.6 Å². The van der Waals surface area contributed by atoms with Crippen molar-refractivity contribution in [3.8, 4) is 0 Å². The molecule has 0 aromatic carbocycles. The molecular weight excluding hydrogens is 254 g/mol. The third-order valence-electron chi connectivity index (χ3n) is 3.37. The maximum absolute atomic E-state index is 11.1. The zero-order valence-corrected chi connectivity index (χ0v) is 11.0. The highest BCUT2D eigenvalue weighted by Crippen LogP contribution is 2.18. The lowest BCUT2D eigenvalue weighted by molar-refractivity contribution is 0.0989. The van der Waals surface area contributed by atoms with Crippen LogP contribution in [0.3, 0.4) is 0 Å². The molecule has 0 radical (unpaired) electrons. The van der Waals surface area contributed by atoms with E-state index in [1.54, 1.807) is 12.4 Å². The molecule has 0 spiro atoms. The molecule has 0 aliphatic carbocycles. The Morgan fingerprint density at radius 1 is 1.40 bits per heavy atom. The molecule has 1 amide bonds. The van der Waals surface area contributed by atoms with Crippen molar-refractivity contribution in [2.75, 3.05) is 6.54 Å². The fraction of sp³-hybridized carbons (Fsp3) is 0.286. The number of rotatable bonds is 3. The topological polar surface area (TPSA) is 85.0 Å². The van der Waals surface area contributed by atoms with Crippen LogP contribution in [0.1, 0.15) is 27.4 Å². The Hall–Kier alpha value is -2.34. The van der Waals surface area contributed by atoms with Crippen LogP contribution in [-0.4, -0.2) is 32.3 Å². The van der Waals surface area contributed by atoms with Crippen LogP contribution in [0.2, 0.25) is 0 Å². The first-order chi connectivity index (χ1) is 9.72. The van der Waals surface area contributed by atoms with Gasteiger partial charge >= 0.3 is 0 Å². The van der Waals surface area contributed by atoms with Crippen LogP contribution >= 0.6 is 0 Å². The first-order valence-electron chi connectivity index (χ1n) is 6.48. The SMILES string of the molecule is NC(=O)c1ncc2c(n1)CN(Cc1cccnc1)CC2. The number of nitrogens with zero attached hydrogens (tertiary/aromatic N) is 4. The third kappa shape index (κ3) is 2.65. The quantitative estimate of drug-likeness (QED) is 0.878. The molecule has 0 fully saturated rings. The summed E-state index contributed by atoms with van der Waals surface area (Å²) in [5.41, 5.74) is 8.37. The van der Waals surface area contributed by atoms with Crippen LogP contribution in [0, 0.1) is 0 Å². The number of fused-ring (bicyclic) bond motifs is 1. The van der Waals surface area contributed by atoms with E-state index in [0.29, 0.717) is 6.54 Å². The lowest BCUT2D eigenvalue weighted by Gasteiger charge is -2.27. The largest absolute Gasteiger partial charge is 0.363 e. The van der Waals surface area contributed by atoms with Crippen molar-refractivity contribution in [2.24, 2.45) is 5.73 Å². The number of nitrogens with two attached hydrogens (primary N) is 1. The summed E-state index contributed by atoms with van der Waals surface area (Å²) in [5.74, 6) is -0.496. The molecule has 102 valence electrons. The molecule has 20 heavy (non-hydrogen) atoms. The predicted octanol–water partition coefficient (Wildman–Crippen LogP) is 0.529. The number of hydrogen-bond donors (Lipinski definition) is 1. The van der Waals surface area contributed by atoms with E-state index in [1.807, 2.05) is 12.3 Å². The van der Waals surface area contributed by atoms with Crippen molar-refractivity contribution in [2.45, 2.75) is 19.5 Å². The molecule has 0 atom stereocenters. The highest BCUT2D eigenvalue weighted by molar-refractivity contribution is 5.88. The Bertz CT molecular complexity index is 629. The highest BCUT2D eigenvalue weighted by atomic mass is 16.1. The van der Waals surface area contributed by atoms with Gasteiger partial charge in [0.1, 0.15) is 0 Å². The van der Waals surface area contributed by atoms with Crippen LogP contribution in [0.4, 0.5) is 0 Å². The van der Waals surface area contributed by atoms with Crippen LogP contribution in [-0.2, 0) is 19.5 Å². The Morgan fingerprint density at radius 2 is 2.30 bits per heavy atom. The van der Waals surface area contributed by atoms with Gasteiger partial charge in [-0.15, -0.1) is 0 Å². The minimum atomic E-state index is -0.586.